The van der Waals surface area contributed by atoms with E-state index in [1.807, 2.05) is 14.0 Å². The van der Waals surface area contributed by atoms with Gasteiger partial charge in [-0.2, -0.15) is 0 Å². The normalized spacial score (nSPS) is 43.2. The Balaban J connectivity index is 1.63. The van der Waals surface area contributed by atoms with E-state index in [9.17, 15) is 9.59 Å². The lowest BCUT2D eigenvalue weighted by atomic mass is 9.97. The molecule has 0 aromatic rings. The van der Waals surface area contributed by atoms with Crippen molar-refractivity contribution < 1.29 is 14.3 Å². The number of amides is 1. The van der Waals surface area contributed by atoms with Gasteiger partial charge in [0.05, 0.1) is 18.5 Å². The van der Waals surface area contributed by atoms with Gasteiger partial charge in [0.1, 0.15) is 6.10 Å². The number of esters is 1. The number of carbonyl (C=O) groups excluding carboxylic acids is 2. The minimum absolute atomic E-state index is 0.00773. The van der Waals surface area contributed by atoms with Gasteiger partial charge >= 0.3 is 5.97 Å². The third-order valence-electron chi connectivity index (χ3n) is 4.77. The van der Waals surface area contributed by atoms with Gasteiger partial charge in [0.15, 0.2) is 0 Å². The summed E-state index contributed by atoms with van der Waals surface area (Å²) >= 11 is 0. The van der Waals surface area contributed by atoms with Crippen LogP contribution in [0.5, 0.6) is 0 Å². The second-order valence-electron chi connectivity index (χ2n) is 5.85. The van der Waals surface area contributed by atoms with Crippen molar-refractivity contribution in [1.29, 1.82) is 0 Å². The number of hydrogen-bond acceptors (Lipinski definition) is 4. The highest BCUT2D eigenvalue weighted by Crippen LogP contribution is 2.41. The maximum atomic E-state index is 12.3. The average Bonchev–Trinajstić information content (AvgIpc) is 2.94. The van der Waals surface area contributed by atoms with Crippen LogP contribution < -0.4 is 5.32 Å². The molecule has 3 unspecified atom stereocenters. The molecule has 2 saturated heterocycles. The molecule has 1 N–H and O–H groups in total. The number of hydrogen-bond donors (Lipinski definition) is 1. The fourth-order valence-electron chi connectivity index (χ4n) is 3.73. The first-order valence-electron chi connectivity index (χ1n) is 6.78. The van der Waals surface area contributed by atoms with Gasteiger partial charge in [0, 0.05) is 6.04 Å². The lowest BCUT2D eigenvalue weighted by Crippen LogP contribution is -2.52. The summed E-state index contributed by atoms with van der Waals surface area (Å²) in [6.07, 6.45) is 3.61. The smallest absolute Gasteiger partial charge is 0.308 e. The van der Waals surface area contributed by atoms with Crippen LogP contribution in [-0.2, 0) is 14.3 Å². The molecule has 2 heterocycles. The lowest BCUT2D eigenvalue weighted by Gasteiger charge is -2.31. The Morgan fingerprint density at radius 1 is 1.44 bits per heavy atom. The molecule has 3 rings (SSSR count). The van der Waals surface area contributed by atoms with Gasteiger partial charge < -0.3 is 10.1 Å². The van der Waals surface area contributed by atoms with Gasteiger partial charge in [-0.25, -0.2) is 0 Å². The first-order chi connectivity index (χ1) is 8.56. The van der Waals surface area contributed by atoms with Gasteiger partial charge in [-0.05, 0) is 39.2 Å². The molecule has 3 aliphatic rings. The highest BCUT2D eigenvalue weighted by atomic mass is 16.6. The van der Waals surface area contributed by atoms with Crippen molar-refractivity contribution in [2.75, 3.05) is 7.05 Å². The van der Waals surface area contributed by atoms with Crippen molar-refractivity contribution in [2.24, 2.45) is 5.92 Å². The molecule has 5 heteroatoms. The fourth-order valence-corrected chi connectivity index (χ4v) is 3.73. The topological polar surface area (TPSA) is 58.6 Å². The standard InChI is InChI=1S/C13H20N2O3/c1-7-10(6-11(16)18-7)14-13(17)12-8-3-4-9(5-8)15(12)2/h7-10,12H,3-6H2,1-2H3,(H,14,17)/t7?,8-,9+,10?,12?/m0/s1. The lowest BCUT2D eigenvalue weighted by molar-refractivity contribution is -0.141. The van der Waals surface area contributed by atoms with Crippen LogP contribution in [0.2, 0.25) is 0 Å². The van der Waals surface area contributed by atoms with Crippen LogP contribution >= 0.6 is 0 Å². The van der Waals surface area contributed by atoms with Gasteiger partial charge in [-0.1, -0.05) is 0 Å². The third-order valence-corrected chi connectivity index (χ3v) is 4.77. The predicted molar refractivity (Wildman–Crippen MR) is 64.8 cm³/mol. The van der Waals surface area contributed by atoms with Crippen molar-refractivity contribution in [1.82, 2.24) is 10.2 Å². The maximum Gasteiger partial charge on any atom is 0.308 e. The maximum absolute atomic E-state index is 12.3. The molecule has 0 radical (unpaired) electrons. The Bertz CT molecular complexity index is 382. The molecule has 2 bridgehead atoms. The molecule has 2 aliphatic heterocycles. The fraction of sp³-hybridized carbons (Fsp3) is 0.846. The molecule has 100 valence electrons. The summed E-state index contributed by atoms with van der Waals surface area (Å²) < 4.78 is 5.06. The molecule has 1 amide bonds. The van der Waals surface area contributed by atoms with E-state index < -0.39 is 0 Å². The first-order valence-corrected chi connectivity index (χ1v) is 6.78. The third kappa shape index (κ3) is 1.81. The first kappa shape index (κ1) is 12.0. The summed E-state index contributed by atoms with van der Waals surface area (Å²) in [5.41, 5.74) is 0. The predicted octanol–water partition coefficient (Wildman–Crippen LogP) is 0.289. The largest absolute Gasteiger partial charge is 0.460 e. The number of piperidine rings is 1. The number of cyclic esters (lactones) is 1. The SMILES string of the molecule is CC1OC(=O)CC1NC(=O)C1[C@H]2CC[C@H](C2)N1C. The van der Waals surface area contributed by atoms with Crippen molar-refractivity contribution in [2.45, 2.75) is 56.8 Å². The van der Waals surface area contributed by atoms with Crippen molar-refractivity contribution in [3.8, 4) is 0 Å². The quantitative estimate of drug-likeness (QED) is 0.718. The van der Waals surface area contributed by atoms with E-state index in [0.29, 0.717) is 18.4 Å². The number of nitrogens with zero attached hydrogens (tertiary/aromatic N) is 1. The van der Waals surface area contributed by atoms with E-state index in [1.165, 1.54) is 6.42 Å². The van der Waals surface area contributed by atoms with Crippen LogP contribution in [0.15, 0.2) is 0 Å². The molecular formula is C13H20N2O3. The molecule has 0 aromatic carbocycles. The van der Waals surface area contributed by atoms with Crippen LogP contribution in [0.3, 0.4) is 0 Å². The summed E-state index contributed by atoms with van der Waals surface area (Å²) in [6, 6.07) is 0.411. The molecule has 5 atom stereocenters. The Morgan fingerprint density at radius 3 is 2.78 bits per heavy atom. The van der Waals surface area contributed by atoms with Gasteiger partial charge in [-0.3, -0.25) is 14.5 Å². The van der Waals surface area contributed by atoms with Gasteiger partial charge in [0.2, 0.25) is 5.91 Å². The Kier molecular flexibility index (Phi) is 2.81. The summed E-state index contributed by atoms with van der Waals surface area (Å²) in [5, 5.41) is 2.99. The van der Waals surface area contributed by atoms with E-state index in [0.717, 1.165) is 12.8 Å². The molecule has 0 aromatic heterocycles. The minimum atomic E-state index is -0.214. The summed E-state index contributed by atoms with van der Waals surface area (Å²) in [4.78, 5) is 25.7. The molecule has 1 saturated carbocycles. The van der Waals surface area contributed by atoms with Crippen LogP contribution in [0.25, 0.3) is 0 Å². The second-order valence-corrected chi connectivity index (χ2v) is 5.85. The van der Waals surface area contributed by atoms with E-state index in [2.05, 4.69) is 10.2 Å². The number of nitrogens with one attached hydrogen (secondary N) is 1. The number of ether oxygens (including phenoxy) is 1. The van der Waals surface area contributed by atoms with Gasteiger partial charge in [-0.15, -0.1) is 0 Å². The molecule has 18 heavy (non-hydrogen) atoms. The molecule has 3 fully saturated rings. The van der Waals surface area contributed by atoms with Crippen LogP contribution in [-0.4, -0.2) is 48.1 Å². The van der Waals surface area contributed by atoms with Crippen LogP contribution in [0.1, 0.15) is 32.6 Å². The number of likely N-dealkylation sites (tertiary alicyclic amines) is 1. The van der Waals surface area contributed by atoms with Crippen LogP contribution in [0, 0.1) is 5.92 Å². The zero-order chi connectivity index (χ0) is 12.9. The number of carbonyl (C=O) groups is 2. The van der Waals surface area contributed by atoms with E-state index in [1.54, 1.807) is 0 Å². The van der Waals surface area contributed by atoms with E-state index >= 15 is 0 Å². The van der Waals surface area contributed by atoms with E-state index in [4.69, 9.17) is 4.74 Å². The number of fused-ring (bicyclic) bond motifs is 2. The Hall–Kier alpha value is -1.10. The summed E-state index contributed by atoms with van der Waals surface area (Å²) in [6.45, 7) is 1.83. The van der Waals surface area contributed by atoms with Crippen LogP contribution in [0.4, 0.5) is 0 Å². The monoisotopic (exact) mass is 252 g/mol. The van der Waals surface area contributed by atoms with E-state index in [-0.39, 0.29) is 30.1 Å². The minimum Gasteiger partial charge on any atom is -0.460 e. The summed E-state index contributed by atoms with van der Waals surface area (Å²) in [5.74, 6) is 0.349. The Labute approximate surface area is 107 Å². The average molecular weight is 252 g/mol. The highest BCUT2D eigenvalue weighted by Gasteiger charge is 2.48. The van der Waals surface area contributed by atoms with Gasteiger partial charge in [0.25, 0.3) is 0 Å². The molecule has 0 spiro atoms. The van der Waals surface area contributed by atoms with Crippen molar-refractivity contribution in [3.63, 3.8) is 0 Å². The molecule has 5 nitrogen and oxygen atoms in total. The molecular weight excluding hydrogens is 232 g/mol. The zero-order valence-corrected chi connectivity index (χ0v) is 10.9. The van der Waals surface area contributed by atoms with Crippen molar-refractivity contribution >= 4 is 11.9 Å². The second kappa shape index (κ2) is 4.23. The number of likely N-dealkylation sites (N-methyl/N-ethyl adjacent to an activating group) is 1. The summed E-state index contributed by atoms with van der Waals surface area (Å²) in [7, 11) is 2.04. The molecule has 1 aliphatic carbocycles. The number of rotatable bonds is 2. The Morgan fingerprint density at radius 2 is 2.22 bits per heavy atom. The zero-order valence-electron chi connectivity index (χ0n) is 10.9. The highest BCUT2D eigenvalue weighted by molar-refractivity contribution is 5.84. The van der Waals surface area contributed by atoms with Crippen molar-refractivity contribution in [3.05, 3.63) is 0 Å².